The molecule has 21 heavy (non-hydrogen) atoms. The summed E-state index contributed by atoms with van der Waals surface area (Å²) in [5.74, 6) is 0.151. The van der Waals surface area contributed by atoms with Crippen LogP contribution < -0.4 is 10.1 Å². The van der Waals surface area contributed by atoms with Crippen molar-refractivity contribution in [2.45, 2.75) is 4.90 Å². The number of anilines is 1. The lowest BCUT2D eigenvalue weighted by atomic mass is 10.2. The van der Waals surface area contributed by atoms with Gasteiger partial charge in [-0.15, -0.1) is 11.8 Å². The molecule has 0 aliphatic heterocycles. The average Bonchev–Trinajstić information content (AvgIpc) is 2.53. The van der Waals surface area contributed by atoms with Crippen molar-refractivity contribution in [1.29, 1.82) is 5.26 Å². The zero-order valence-corrected chi connectivity index (χ0v) is 12.3. The standard InChI is InChI=1S/C16H14N2O2S/c1-21-15-9-5-3-7-13(15)18-16(19)11-20-14-8-4-2-6-12(14)10-17/h2-9H,11H2,1H3,(H,18,19). The van der Waals surface area contributed by atoms with Crippen LogP contribution in [0.5, 0.6) is 5.75 Å². The highest BCUT2D eigenvalue weighted by Crippen LogP contribution is 2.24. The van der Waals surface area contributed by atoms with Crippen LogP contribution in [0.2, 0.25) is 0 Å². The normalized spacial score (nSPS) is 9.71. The van der Waals surface area contributed by atoms with Crippen molar-refractivity contribution < 1.29 is 9.53 Å². The van der Waals surface area contributed by atoms with E-state index in [1.165, 1.54) is 0 Å². The summed E-state index contributed by atoms with van der Waals surface area (Å²) in [7, 11) is 0. The number of nitrogens with zero attached hydrogens (tertiary/aromatic N) is 1. The van der Waals surface area contributed by atoms with Crippen LogP contribution in [0.4, 0.5) is 5.69 Å². The van der Waals surface area contributed by atoms with E-state index in [2.05, 4.69) is 5.32 Å². The molecule has 0 bridgehead atoms. The Hall–Kier alpha value is -2.45. The zero-order chi connectivity index (χ0) is 15.1. The van der Waals surface area contributed by atoms with E-state index < -0.39 is 0 Å². The van der Waals surface area contributed by atoms with Crippen molar-refractivity contribution in [1.82, 2.24) is 0 Å². The minimum absolute atomic E-state index is 0.137. The zero-order valence-electron chi connectivity index (χ0n) is 11.5. The summed E-state index contributed by atoms with van der Waals surface area (Å²) < 4.78 is 5.39. The Labute approximate surface area is 127 Å². The van der Waals surface area contributed by atoms with Crippen molar-refractivity contribution in [3.63, 3.8) is 0 Å². The molecule has 0 aromatic heterocycles. The number of thioether (sulfide) groups is 1. The Bertz CT molecular complexity index is 680. The van der Waals surface area contributed by atoms with Gasteiger partial charge in [-0.3, -0.25) is 4.79 Å². The fraction of sp³-hybridized carbons (Fsp3) is 0.125. The van der Waals surface area contributed by atoms with Gasteiger partial charge >= 0.3 is 0 Å². The third kappa shape index (κ3) is 4.01. The van der Waals surface area contributed by atoms with Crippen LogP contribution in [0, 0.1) is 11.3 Å². The first-order valence-electron chi connectivity index (χ1n) is 6.29. The first-order valence-corrected chi connectivity index (χ1v) is 7.52. The van der Waals surface area contributed by atoms with Crippen LogP contribution in [-0.2, 0) is 4.79 Å². The van der Waals surface area contributed by atoms with Crippen LogP contribution in [0.15, 0.2) is 53.4 Å². The molecule has 106 valence electrons. The number of hydrogen-bond acceptors (Lipinski definition) is 4. The fourth-order valence-electron chi connectivity index (χ4n) is 1.76. The monoisotopic (exact) mass is 298 g/mol. The summed E-state index contributed by atoms with van der Waals surface area (Å²) in [5, 5.41) is 11.8. The summed E-state index contributed by atoms with van der Waals surface area (Å²) in [6, 6.07) is 16.4. The number of amides is 1. The van der Waals surface area contributed by atoms with Gasteiger partial charge in [0.15, 0.2) is 6.61 Å². The molecule has 2 rings (SSSR count). The number of ether oxygens (including phenoxy) is 1. The van der Waals surface area contributed by atoms with Crippen molar-refractivity contribution in [2.75, 3.05) is 18.2 Å². The van der Waals surface area contributed by atoms with Gasteiger partial charge in [0.1, 0.15) is 11.8 Å². The second kappa shape index (κ2) is 7.36. The number of benzene rings is 2. The summed E-state index contributed by atoms with van der Waals surface area (Å²) in [6.07, 6.45) is 1.95. The maximum atomic E-state index is 11.9. The summed E-state index contributed by atoms with van der Waals surface area (Å²) in [6.45, 7) is -0.137. The molecule has 0 atom stereocenters. The molecule has 0 aliphatic rings. The van der Waals surface area contributed by atoms with Crippen LogP contribution in [0.25, 0.3) is 0 Å². The first kappa shape index (κ1) is 14.9. The van der Waals surface area contributed by atoms with E-state index in [0.29, 0.717) is 11.3 Å². The van der Waals surface area contributed by atoms with Gasteiger partial charge in [-0.05, 0) is 30.5 Å². The number of nitrogens with one attached hydrogen (secondary N) is 1. The first-order chi connectivity index (χ1) is 10.2. The molecule has 0 unspecified atom stereocenters. The lowest BCUT2D eigenvalue weighted by Crippen LogP contribution is -2.20. The maximum absolute atomic E-state index is 11.9. The average molecular weight is 298 g/mol. The molecule has 0 saturated carbocycles. The Morgan fingerprint density at radius 2 is 1.95 bits per heavy atom. The summed E-state index contributed by atoms with van der Waals surface area (Å²) in [4.78, 5) is 12.9. The van der Waals surface area contributed by atoms with E-state index in [1.54, 1.807) is 36.0 Å². The molecular formula is C16H14N2O2S. The van der Waals surface area contributed by atoms with Gasteiger partial charge in [-0.1, -0.05) is 24.3 Å². The number of nitriles is 1. The lowest BCUT2D eigenvalue weighted by Gasteiger charge is -2.10. The van der Waals surface area contributed by atoms with Crippen LogP contribution in [-0.4, -0.2) is 18.8 Å². The van der Waals surface area contributed by atoms with E-state index in [4.69, 9.17) is 10.00 Å². The second-order valence-corrected chi connectivity index (χ2v) is 4.99. The van der Waals surface area contributed by atoms with E-state index in [1.807, 2.05) is 36.6 Å². The number of rotatable bonds is 5. The van der Waals surface area contributed by atoms with E-state index in [0.717, 1.165) is 10.6 Å². The van der Waals surface area contributed by atoms with Gasteiger partial charge in [0.2, 0.25) is 0 Å². The molecule has 0 heterocycles. The van der Waals surface area contributed by atoms with Gasteiger partial charge in [0, 0.05) is 4.90 Å². The number of carbonyl (C=O) groups is 1. The number of para-hydroxylation sites is 2. The van der Waals surface area contributed by atoms with Crippen molar-refractivity contribution in [3.8, 4) is 11.8 Å². The predicted octanol–water partition coefficient (Wildman–Crippen LogP) is 3.30. The number of carbonyl (C=O) groups excluding carboxylic acids is 1. The summed E-state index contributed by atoms with van der Waals surface area (Å²) in [5.41, 5.74) is 1.17. The molecule has 2 aromatic rings. The Morgan fingerprint density at radius 1 is 1.24 bits per heavy atom. The van der Waals surface area contributed by atoms with E-state index >= 15 is 0 Å². The van der Waals surface area contributed by atoms with Gasteiger partial charge < -0.3 is 10.1 Å². The third-order valence-corrected chi connectivity index (χ3v) is 3.54. The predicted molar refractivity (Wildman–Crippen MR) is 83.5 cm³/mol. The van der Waals surface area contributed by atoms with Gasteiger partial charge in [-0.2, -0.15) is 5.26 Å². The van der Waals surface area contributed by atoms with E-state index in [9.17, 15) is 4.79 Å². The molecule has 2 aromatic carbocycles. The molecule has 0 fully saturated rings. The highest BCUT2D eigenvalue weighted by Gasteiger charge is 2.08. The largest absolute Gasteiger partial charge is 0.482 e. The van der Waals surface area contributed by atoms with Crippen LogP contribution >= 0.6 is 11.8 Å². The molecular weight excluding hydrogens is 284 g/mol. The van der Waals surface area contributed by atoms with Gasteiger partial charge in [0.05, 0.1) is 11.3 Å². The fourth-order valence-corrected chi connectivity index (χ4v) is 2.32. The molecule has 0 saturated heterocycles. The summed E-state index contributed by atoms with van der Waals surface area (Å²) >= 11 is 1.56. The van der Waals surface area contributed by atoms with Crippen molar-refractivity contribution in [2.24, 2.45) is 0 Å². The minimum atomic E-state index is -0.260. The van der Waals surface area contributed by atoms with Crippen LogP contribution in [0.3, 0.4) is 0 Å². The molecule has 0 aliphatic carbocycles. The minimum Gasteiger partial charge on any atom is -0.482 e. The SMILES string of the molecule is CSc1ccccc1NC(=O)COc1ccccc1C#N. The third-order valence-electron chi connectivity index (χ3n) is 2.75. The second-order valence-electron chi connectivity index (χ2n) is 4.15. The topological polar surface area (TPSA) is 62.1 Å². The highest BCUT2D eigenvalue weighted by molar-refractivity contribution is 7.98. The van der Waals surface area contributed by atoms with Crippen molar-refractivity contribution in [3.05, 3.63) is 54.1 Å². The molecule has 1 amide bonds. The van der Waals surface area contributed by atoms with Crippen LogP contribution in [0.1, 0.15) is 5.56 Å². The maximum Gasteiger partial charge on any atom is 0.262 e. The Kier molecular flexibility index (Phi) is 5.24. The molecule has 4 nitrogen and oxygen atoms in total. The van der Waals surface area contributed by atoms with Gasteiger partial charge in [-0.25, -0.2) is 0 Å². The Morgan fingerprint density at radius 3 is 2.71 bits per heavy atom. The smallest absolute Gasteiger partial charge is 0.262 e. The quantitative estimate of drug-likeness (QED) is 0.860. The number of hydrogen-bond donors (Lipinski definition) is 1. The lowest BCUT2D eigenvalue weighted by molar-refractivity contribution is -0.118. The molecule has 0 spiro atoms. The van der Waals surface area contributed by atoms with E-state index in [-0.39, 0.29) is 12.5 Å². The molecule has 0 radical (unpaired) electrons. The highest BCUT2D eigenvalue weighted by atomic mass is 32.2. The molecule has 5 heteroatoms. The van der Waals surface area contributed by atoms with Crippen molar-refractivity contribution >= 4 is 23.4 Å². The van der Waals surface area contributed by atoms with Gasteiger partial charge in [0.25, 0.3) is 5.91 Å². The molecule has 1 N–H and O–H groups in total. The Balaban J connectivity index is 1.98.